The van der Waals surface area contributed by atoms with Crippen molar-refractivity contribution in [3.63, 3.8) is 0 Å². The van der Waals surface area contributed by atoms with Gasteiger partial charge < -0.3 is 8.98 Å². The summed E-state index contributed by atoms with van der Waals surface area (Å²) in [6.45, 7) is 0. The first-order chi connectivity index (χ1) is 40.6. The van der Waals surface area contributed by atoms with Crippen molar-refractivity contribution < 1.29 is 4.42 Å². The number of nitrogens with zero attached hydrogens (tertiary/aromatic N) is 4. The Hall–Kier alpha value is -11.0. The fourth-order valence-corrected chi connectivity index (χ4v) is 12.2. The molecule has 5 heteroatoms. The topological polar surface area (TPSA) is 56.7 Å². The minimum Gasteiger partial charge on any atom is -0.456 e. The van der Waals surface area contributed by atoms with E-state index < -0.39 is 0 Å². The molecule has 0 radical (unpaired) electrons. The second-order valence-electron chi connectivity index (χ2n) is 21.1. The second-order valence-corrected chi connectivity index (χ2v) is 21.1. The minimum absolute atomic E-state index is 0.567. The van der Waals surface area contributed by atoms with Crippen molar-refractivity contribution in [1.82, 2.24) is 19.5 Å². The van der Waals surface area contributed by atoms with Gasteiger partial charge >= 0.3 is 0 Å². The third kappa shape index (κ3) is 8.14. The fraction of sp³-hybridized carbons (Fsp3) is 0. The van der Waals surface area contributed by atoms with Crippen LogP contribution in [0.15, 0.2) is 296 Å². The van der Waals surface area contributed by atoms with Crippen LogP contribution in [0.2, 0.25) is 0 Å². The van der Waals surface area contributed by atoms with E-state index >= 15 is 0 Å². The van der Waals surface area contributed by atoms with E-state index in [1.54, 1.807) is 0 Å². The van der Waals surface area contributed by atoms with Crippen LogP contribution in [0, 0.1) is 0 Å². The maximum Gasteiger partial charge on any atom is 0.164 e. The third-order valence-corrected chi connectivity index (χ3v) is 16.3. The summed E-state index contributed by atoms with van der Waals surface area (Å²) in [7, 11) is 0. The summed E-state index contributed by atoms with van der Waals surface area (Å²) in [5.41, 5.74) is 18.9. The van der Waals surface area contributed by atoms with Gasteiger partial charge in [0.05, 0.1) is 16.7 Å². The van der Waals surface area contributed by atoms with E-state index in [1.807, 2.05) is 6.07 Å². The van der Waals surface area contributed by atoms with Crippen LogP contribution in [-0.4, -0.2) is 19.5 Å². The molecule has 0 atom stereocenters. The Labute approximate surface area is 473 Å². The van der Waals surface area contributed by atoms with E-state index in [-0.39, 0.29) is 0 Å². The third-order valence-electron chi connectivity index (χ3n) is 16.3. The van der Waals surface area contributed by atoms with E-state index in [1.165, 1.54) is 54.6 Å². The number of hydrogen-bond donors (Lipinski definition) is 0. The van der Waals surface area contributed by atoms with Crippen molar-refractivity contribution in [2.45, 2.75) is 0 Å². The molecular formula is C77H48N4O. The Balaban J connectivity index is 0.887. The monoisotopic (exact) mass is 1040 g/mol. The Bertz CT molecular complexity index is 4960. The van der Waals surface area contributed by atoms with Gasteiger partial charge in [-0.1, -0.05) is 249 Å². The van der Waals surface area contributed by atoms with Crippen LogP contribution >= 0.6 is 0 Å². The number of benzene rings is 13. The summed E-state index contributed by atoms with van der Waals surface area (Å²) in [6.07, 6.45) is 0. The van der Waals surface area contributed by atoms with Crippen LogP contribution in [0.4, 0.5) is 0 Å². The molecule has 16 aromatic rings. The highest BCUT2D eigenvalue weighted by Gasteiger charge is 2.23. The zero-order chi connectivity index (χ0) is 54.1. The second kappa shape index (κ2) is 19.4. The Morgan fingerprint density at radius 3 is 1.27 bits per heavy atom. The van der Waals surface area contributed by atoms with Gasteiger partial charge in [0.15, 0.2) is 17.5 Å². The summed E-state index contributed by atoms with van der Waals surface area (Å²) >= 11 is 0. The van der Waals surface area contributed by atoms with E-state index in [0.717, 1.165) is 88.7 Å². The predicted molar refractivity (Wildman–Crippen MR) is 340 cm³/mol. The van der Waals surface area contributed by atoms with Gasteiger partial charge in [0.2, 0.25) is 0 Å². The van der Waals surface area contributed by atoms with E-state index in [9.17, 15) is 0 Å². The lowest BCUT2D eigenvalue weighted by atomic mass is 9.95. The van der Waals surface area contributed by atoms with Crippen molar-refractivity contribution in [2.75, 3.05) is 0 Å². The number of fused-ring (bicyclic) bond motifs is 9. The molecule has 0 aliphatic rings. The molecule has 82 heavy (non-hydrogen) atoms. The Morgan fingerprint density at radius 2 is 0.695 bits per heavy atom. The summed E-state index contributed by atoms with van der Waals surface area (Å²) in [5.74, 6) is 1.73. The first kappa shape index (κ1) is 47.0. The summed E-state index contributed by atoms with van der Waals surface area (Å²) in [5, 5.41) is 9.23. The van der Waals surface area contributed by atoms with Crippen LogP contribution in [0.1, 0.15) is 0 Å². The zero-order valence-corrected chi connectivity index (χ0v) is 44.4. The number of rotatable bonds is 9. The van der Waals surface area contributed by atoms with Crippen molar-refractivity contribution in [3.05, 3.63) is 291 Å². The maximum absolute atomic E-state index is 6.62. The molecule has 13 aromatic carbocycles. The molecule has 0 fully saturated rings. The molecular weight excluding hydrogens is 997 g/mol. The van der Waals surface area contributed by atoms with E-state index in [0.29, 0.717) is 17.5 Å². The van der Waals surface area contributed by atoms with Crippen molar-refractivity contribution in [2.24, 2.45) is 0 Å². The molecule has 0 saturated carbocycles. The molecule has 0 saturated heterocycles. The largest absolute Gasteiger partial charge is 0.456 e. The van der Waals surface area contributed by atoms with Crippen LogP contribution in [0.3, 0.4) is 0 Å². The maximum atomic E-state index is 6.62. The molecule has 3 heterocycles. The van der Waals surface area contributed by atoms with Gasteiger partial charge in [-0.05, 0) is 109 Å². The van der Waals surface area contributed by atoms with Crippen molar-refractivity contribution in [1.29, 1.82) is 0 Å². The van der Waals surface area contributed by atoms with Gasteiger partial charge in [-0.2, -0.15) is 0 Å². The molecule has 16 rings (SSSR count). The molecule has 0 aliphatic carbocycles. The van der Waals surface area contributed by atoms with E-state index in [2.05, 4.69) is 290 Å². The molecule has 0 unspecified atom stereocenters. The molecule has 382 valence electrons. The van der Waals surface area contributed by atoms with Crippen molar-refractivity contribution in [3.8, 4) is 95.5 Å². The SMILES string of the molecule is c1ccc(-c2ccc(-c3ccc(-c4nc(-c5ccc(-c6ccc(-c7ccccc7)cc6)cc5)nc(-c5ccc(-n6c7cc8ccccc8cc7c7ccc8ccccc8c76)c(-c6cccc7oc8ccccc8c67)c5)n4)cc3)cc2)cc1. The highest BCUT2D eigenvalue weighted by atomic mass is 16.3. The number of aromatic nitrogens is 4. The molecule has 5 nitrogen and oxygen atoms in total. The normalized spacial score (nSPS) is 11.7. The molecule has 0 bridgehead atoms. The van der Waals surface area contributed by atoms with Gasteiger partial charge in [0.1, 0.15) is 11.2 Å². The van der Waals surface area contributed by atoms with Crippen LogP contribution in [0.25, 0.3) is 161 Å². The highest BCUT2D eigenvalue weighted by Crippen LogP contribution is 2.45. The molecule has 0 N–H and O–H groups in total. The minimum atomic E-state index is 0.567. The van der Waals surface area contributed by atoms with Crippen molar-refractivity contribution >= 4 is 65.3 Å². The first-order valence-corrected chi connectivity index (χ1v) is 27.8. The summed E-state index contributed by atoms with van der Waals surface area (Å²) in [4.78, 5) is 16.1. The average molecular weight is 1050 g/mol. The van der Waals surface area contributed by atoms with Crippen LogP contribution in [0.5, 0.6) is 0 Å². The molecule has 0 aliphatic heterocycles. The summed E-state index contributed by atoms with van der Waals surface area (Å²) in [6, 6.07) is 104. The molecule has 3 aromatic heterocycles. The van der Waals surface area contributed by atoms with E-state index in [4.69, 9.17) is 19.4 Å². The standard InChI is InChI=1S/C77H48N4O/c1-3-14-49(15-4-1)51-26-30-53(31-27-51)55-34-38-58(39-35-55)75-78-76(59-40-36-56(37-41-59)54-32-28-52(29-33-54)50-16-5-2-6-17-50)80-77(79-75)62-43-45-69(67(47-62)64-23-13-25-72-73(64)66-22-11-12-24-71(66)82-72)81-70-48-61-20-8-7-19-60(61)46-68(70)65-44-42-57-18-9-10-21-63(57)74(65)81/h1-48H. The summed E-state index contributed by atoms with van der Waals surface area (Å²) < 4.78 is 9.10. The number of furan rings is 1. The lowest BCUT2D eigenvalue weighted by Gasteiger charge is -2.18. The molecule has 0 spiro atoms. The highest BCUT2D eigenvalue weighted by molar-refractivity contribution is 6.21. The van der Waals surface area contributed by atoms with Gasteiger partial charge in [-0.25, -0.2) is 15.0 Å². The quantitative estimate of drug-likeness (QED) is 0.145. The van der Waals surface area contributed by atoms with Crippen LogP contribution < -0.4 is 0 Å². The Morgan fingerprint density at radius 1 is 0.256 bits per heavy atom. The lowest BCUT2D eigenvalue weighted by Crippen LogP contribution is -2.02. The van der Waals surface area contributed by atoms with Gasteiger partial charge in [0, 0.05) is 49.2 Å². The molecule has 0 amide bonds. The van der Waals surface area contributed by atoms with Gasteiger partial charge in [-0.15, -0.1) is 0 Å². The Kier molecular flexibility index (Phi) is 11.1. The smallest absolute Gasteiger partial charge is 0.164 e. The van der Waals surface area contributed by atoms with Crippen LogP contribution in [-0.2, 0) is 0 Å². The predicted octanol–water partition coefficient (Wildman–Crippen LogP) is 20.5. The van der Waals surface area contributed by atoms with Gasteiger partial charge in [0.25, 0.3) is 0 Å². The lowest BCUT2D eigenvalue weighted by molar-refractivity contribution is 0.669. The average Bonchev–Trinajstić information content (AvgIpc) is 4.32. The number of hydrogen-bond acceptors (Lipinski definition) is 4. The first-order valence-electron chi connectivity index (χ1n) is 27.8. The fourth-order valence-electron chi connectivity index (χ4n) is 12.2. The zero-order valence-electron chi connectivity index (χ0n) is 44.4. The van der Waals surface area contributed by atoms with Gasteiger partial charge in [-0.3, -0.25) is 0 Å². The number of para-hydroxylation sites is 1.